The zero-order chi connectivity index (χ0) is 31.9. The van der Waals surface area contributed by atoms with Crippen LogP contribution in [-0.2, 0) is 16.1 Å². The minimum Gasteiger partial charge on any atom is -0.490 e. The van der Waals surface area contributed by atoms with E-state index in [2.05, 4.69) is 4.99 Å². The van der Waals surface area contributed by atoms with Gasteiger partial charge < -0.3 is 23.7 Å². The number of fused-ring (bicyclic) bond motifs is 1. The number of thiazole rings is 1. The summed E-state index contributed by atoms with van der Waals surface area (Å²) in [4.78, 5) is 31.7. The number of esters is 1. The predicted molar refractivity (Wildman–Crippen MR) is 168 cm³/mol. The molecule has 11 heteroatoms. The largest absolute Gasteiger partial charge is 0.490 e. The number of halogens is 1. The average Bonchev–Trinajstić information content (AvgIpc) is 3.36. The van der Waals surface area contributed by atoms with Gasteiger partial charge in [0.1, 0.15) is 12.4 Å². The SMILES string of the molecule is CCOc1ccc([C@@H]2C(C(=O)OC)=CN=c3s/c(=C\c4ccc(OCc5ccccc5F)c(OCC)c4)c(=O)n32)cc1OCC. The normalized spacial score (nSPS) is 14.2. The lowest BCUT2D eigenvalue weighted by atomic mass is 9.97. The second kappa shape index (κ2) is 14.3. The Balaban J connectivity index is 1.55. The van der Waals surface area contributed by atoms with Gasteiger partial charge in [-0.05, 0) is 68.3 Å². The van der Waals surface area contributed by atoms with Gasteiger partial charge in [0, 0.05) is 11.8 Å². The quantitative estimate of drug-likeness (QED) is 0.204. The first-order valence-corrected chi connectivity index (χ1v) is 15.3. The molecule has 9 nitrogen and oxygen atoms in total. The summed E-state index contributed by atoms with van der Waals surface area (Å²) in [5.41, 5.74) is 1.62. The molecule has 0 saturated heterocycles. The fourth-order valence-corrected chi connectivity index (χ4v) is 5.88. The molecule has 1 atom stereocenters. The van der Waals surface area contributed by atoms with Crippen LogP contribution in [0.15, 0.2) is 82.2 Å². The van der Waals surface area contributed by atoms with Crippen molar-refractivity contribution in [3.05, 3.63) is 115 Å². The smallest absolute Gasteiger partial charge is 0.337 e. The molecule has 4 aromatic rings. The lowest BCUT2D eigenvalue weighted by molar-refractivity contribution is -0.136. The Hall–Kier alpha value is -4.90. The van der Waals surface area contributed by atoms with Crippen molar-refractivity contribution in [2.75, 3.05) is 26.9 Å². The fraction of sp³-hybridized carbons (Fsp3) is 0.265. The van der Waals surface area contributed by atoms with E-state index in [4.69, 9.17) is 23.7 Å². The number of hydrogen-bond acceptors (Lipinski definition) is 9. The number of carbonyl (C=O) groups is 1. The molecule has 0 radical (unpaired) electrons. The fourth-order valence-electron chi connectivity index (χ4n) is 4.91. The second-order valence-corrected chi connectivity index (χ2v) is 10.8. The standard InChI is InChI=1S/C34H33FN2O7S/c1-5-41-26-15-13-22(18-29(26)43-7-3)31-24(33(39)40-4)19-36-34-37(31)32(38)30(45-34)17-21-12-14-27(28(16-21)42-6-2)44-20-23-10-8-9-11-25(23)35/h8-19,31H,5-7,20H2,1-4H3/b30-17-/t31-/m1/s1. The van der Waals surface area contributed by atoms with E-state index in [-0.39, 0.29) is 23.6 Å². The van der Waals surface area contributed by atoms with Gasteiger partial charge in [0.25, 0.3) is 5.56 Å². The summed E-state index contributed by atoms with van der Waals surface area (Å²) in [6, 6.07) is 16.2. The zero-order valence-corrected chi connectivity index (χ0v) is 26.2. The Morgan fingerprint density at radius 1 is 0.911 bits per heavy atom. The van der Waals surface area contributed by atoms with Crippen LogP contribution in [0.1, 0.15) is 43.5 Å². The molecule has 45 heavy (non-hydrogen) atoms. The van der Waals surface area contributed by atoms with Gasteiger partial charge in [0.15, 0.2) is 27.8 Å². The Morgan fingerprint density at radius 2 is 1.58 bits per heavy atom. The van der Waals surface area contributed by atoms with Crippen LogP contribution in [0.3, 0.4) is 0 Å². The van der Waals surface area contributed by atoms with Crippen LogP contribution in [0.2, 0.25) is 0 Å². The Labute approximate surface area is 263 Å². The minimum atomic E-state index is -0.807. The molecular formula is C34H33FN2O7S. The highest BCUT2D eigenvalue weighted by molar-refractivity contribution is 7.07. The average molecular weight is 633 g/mol. The molecule has 0 amide bonds. The molecule has 1 aliphatic rings. The van der Waals surface area contributed by atoms with Gasteiger partial charge in [-0.2, -0.15) is 0 Å². The molecule has 1 aliphatic heterocycles. The van der Waals surface area contributed by atoms with E-state index in [1.807, 2.05) is 20.8 Å². The van der Waals surface area contributed by atoms with E-state index in [1.54, 1.807) is 60.7 Å². The van der Waals surface area contributed by atoms with Crippen LogP contribution in [0.4, 0.5) is 4.39 Å². The zero-order valence-electron chi connectivity index (χ0n) is 25.4. The number of carbonyl (C=O) groups excluding carboxylic acids is 1. The van der Waals surface area contributed by atoms with Gasteiger partial charge in [-0.1, -0.05) is 41.7 Å². The second-order valence-electron chi connectivity index (χ2n) is 9.77. The molecule has 1 aromatic heterocycles. The van der Waals surface area contributed by atoms with E-state index in [9.17, 15) is 14.0 Å². The molecule has 2 heterocycles. The lowest BCUT2D eigenvalue weighted by Gasteiger charge is -2.23. The summed E-state index contributed by atoms with van der Waals surface area (Å²) in [5, 5.41) is 0. The number of ether oxygens (including phenoxy) is 5. The lowest BCUT2D eigenvalue weighted by Crippen LogP contribution is -2.39. The third kappa shape index (κ3) is 6.78. The summed E-state index contributed by atoms with van der Waals surface area (Å²) < 4.78 is 44.3. The number of hydrogen-bond donors (Lipinski definition) is 0. The van der Waals surface area contributed by atoms with Gasteiger partial charge in [-0.3, -0.25) is 9.36 Å². The van der Waals surface area contributed by atoms with Crippen LogP contribution in [0, 0.1) is 5.82 Å². The van der Waals surface area contributed by atoms with Crippen LogP contribution in [0.5, 0.6) is 23.0 Å². The summed E-state index contributed by atoms with van der Waals surface area (Å²) in [5.74, 6) is 1.01. The molecule has 0 N–H and O–H groups in total. The molecule has 0 saturated carbocycles. The Bertz CT molecular complexity index is 1910. The van der Waals surface area contributed by atoms with Crippen molar-refractivity contribution in [1.82, 2.24) is 4.57 Å². The molecule has 3 aromatic carbocycles. The van der Waals surface area contributed by atoms with Gasteiger partial charge >= 0.3 is 5.97 Å². The minimum absolute atomic E-state index is 0.0315. The third-order valence-corrected chi connectivity index (χ3v) is 7.91. The maximum Gasteiger partial charge on any atom is 0.337 e. The third-order valence-electron chi connectivity index (χ3n) is 6.91. The summed E-state index contributed by atoms with van der Waals surface area (Å²) in [7, 11) is 1.29. The number of rotatable bonds is 12. The van der Waals surface area contributed by atoms with E-state index >= 15 is 0 Å². The van der Waals surface area contributed by atoms with Crippen LogP contribution >= 0.6 is 11.3 Å². The van der Waals surface area contributed by atoms with Crippen molar-refractivity contribution < 1.29 is 32.9 Å². The predicted octanol–water partition coefficient (Wildman–Crippen LogP) is 4.93. The van der Waals surface area contributed by atoms with Crippen LogP contribution in [0.25, 0.3) is 6.08 Å². The van der Waals surface area contributed by atoms with Crippen LogP contribution in [-0.4, -0.2) is 37.5 Å². The topological polar surface area (TPSA) is 97.6 Å². The maximum absolute atomic E-state index is 14.1. The van der Waals surface area contributed by atoms with Crippen LogP contribution < -0.4 is 33.8 Å². The van der Waals surface area contributed by atoms with Gasteiger partial charge in [-0.15, -0.1) is 0 Å². The van der Waals surface area contributed by atoms with Gasteiger partial charge in [0.2, 0.25) is 0 Å². The highest BCUT2D eigenvalue weighted by Gasteiger charge is 2.31. The molecule has 0 bridgehead atoms. The Morgan fingerprint density at radius 3 is 2.29 bits per heavy atom. The first-order chi connectivity index (χ1) is 21.9. The van der Waals surface area contributed by atoms with Gasteiger partial charge in [-0.25, -0.2) is 14.2 Å². The van der Waals surface area contributed by atoms with E-state index in [0.29, 0.717) is 68.8 Å². The number of nitrogens with zero attached hydrogens (tertiary/aromatic N) is 2. The Kier molecular flexibility index (Phi) is 9.99. The van der Waals surface area contributed by atoms with E-state index < -0.39 is 12.0 Å². The molecule has 234 valence electrons. The molecule has 5 rings (SSSR count). The highest BCUT2D eigenvalue weighted by atomic mass is 32.1. The van der Waals surface area contributed by atoms with Crippen molar-refractivity contribution >= 4 is 23.4 Å². The van der Waals surface area contributed by atoms with Crippen molar-refractivity contribution in [1.29, 1.82) is 0 Å². The summed E-state index contributed by atoms with van der Waals surface area (Å²) >= 11 is 1.20. The number of benzene rings is 3. The summed E-state index contributed by atoms with van der Waals surface area (Å²) in [6.07, 6.45) is 3.17. The molecule has 0 unspecified atom stereocenters. The first-order valence-electron chi connectivity index (χ1n) is 14.5. The molecule has 0 aliphatic carbocycles. The van der Waals surface area contributed by atoms with Crippen molar-refractivity contribution in [3.8, 4) is 23.0 Å². The highest BCUT2D eigenvalue weighted by Crippen LogP contribution is 2.35. The molecule has 0 fully saturated rings. The number of aromatic nitrogens is 1. The molecule has 0 spiro atoms. The van der Waals surface area contributed by atoms with Crippen molar-refractivity contribution in [3.63, 3.8) is 0 Å². The van der Waals surface area contributed by atoms with E-state index in [1.165, 1.54) is 35.3 Å². The van der Waals surface area contributed by atoms with Crippen molar-refractivity contribution in [2.45, 2.75) is 33.4 Å². The summed E-state index contributed by atoms with van der Waals surface area (Å²) in [6.45, 7) is 6.86. The van der Waals surface area contributed by atoms with Crippen molar-refractivity contribution in [2.24, 2.45) is 4.99 Å². The van der Waals surface area contributed by atoms with Gasteiger partial charge in [0.05, 0.1) is 43.1 Å². The monoisotopic (exact) mass is 632 g/mol. The molecular weight excluding hydrogens is 599 g/mol. The maximum atomic E-state index is 14.1. The van der Waals surface area contributed by atoms with E-state index in [0.717, 1.165) is 0 Å². The first kappa shape index (κ1) is 31.5. The number of methoxy groups -OCH3 is 1.